The molecule has 0 spiro atoms. The van der Waals surface area contributed by atoms with Gasteiger partial charge in [-0.3, -0.25) is 14.6 Å². The molecule has 2 aromatic heterocycles. The third-order valence-corrected chi connectivity index (χ3v) is 4.14. The average Bonchev–Trinajstić information content (AvgIpc) is 2.97. The highest BCUT2D eigenvalue weighted by molar-refractivity contribution is 5.52. The lowest BCUT2D eigenvalue weighted by Crippen LogP contribution is -2.31. The molecule has 21 heavy (non-hydrogen) atoms. The van der Waals surface area contributed by atoms with Crippen LogP contribution in [0.25, 0.3) is 11.4 Å². The summed E-state index contributed by atoms with van der Waals surface area (Å²) in [6.07, 6.45) is 8.10. The summed E-state index contributed by atoms with van der Waals surface area (Å²) in [6.45, 7) is 6.51. The van der Waals surface area contributed by atoms with E-state index < -0.39 is 0 Å². The van der Waals surface area contributed by atoms with Gasteiger partial charge in [-0.05, 0) is 46.3 Å². The van der Waals surface area contributed by atoms with Crippen LogP contribution < -0.4 is 0 Å². The van der Waals surface area contributed by atoms with Crippen LogP contribution in [-0.2, 0) is 0 Å². The molecule has 0 unspecified atom stereocenters. The zero-order chi connectivity index (χ0) is 14.8. The molecule has 0 radical (unpaired) electrons. The molecule has 3 rings (SSSR count). The molecule has 1 aliphatic heterocycles. The molecule has 5 nitrogen and oxygen atoms in total. The fourth-order valence-corrected chi connectivity index (χ4v) is 3.02. The second kappa shape index (κ2) is 5.93. The van der Waals surface area contributed by atoms with E-state index in [1.165, 1.54) is 19.4 Å². The first-order valence-electron chi connectivity index (χ1n) is 7.69. The molecule has 0 bridgehead atoms. The van der Waals surface area contributed by atoms with Gasteiger partial charge in [0.1, 0.15) is 5.69 Å². The Balaban J connectivity index is 1.82. The number of piperidine rings is 1. The molecule has 0 aliphatic carbocycles. The van der Waals surface area contributed by atoms with Crippen LogP contribution in [0, 0.1) is 0 Å². The van der Waals surface area contributed by atoms with Crippen molar-refractivity contribution in [3.63, 3.8) is 0 Å². The quantitative estimate of drug-likeness (QED) is 0.870. The minimum absolute atomic E-state index is 0.323. The van der Waals surface area contributed by atoms with E-state index in [-0.39, 0.29) is 0 Å². The number of hydrogen-bond acceptors (Lipinski definition) is 4. The molecular weight excluding hydrogens is 262 g/mol. The molecule has 0 amide bonds. The fourth-order valence-electron chi connectivity index (χ4n) is 3.02. The van der Waals surface area contributed by atoms with Crippen LogP contribution >= 0.6 is 0 Å². The average molecular weight is 285 g/mol. The minimum Gasteiger partial charge on any atom is -0.306 e. The summed E-state index contributed by atoms with van der Waals surface area (Å²) < 4.78 is 1.98. The van der Waals surface area contributed by atoms with Crippen molar-refractivity contribution in [2.45, 2.75) is 38.6 Å². The van der Waals surface area contributed by atoms with E-state index in [0.717, 1.165) is 23.6 Å². The molecule has 1 aliphatic rings. The van der Waals surface area contributed by atoms with Gasteiger partial charge in [0.05, 0.1) is 17.6 Å². The summed E-state index contributed by atoms with van der Waals surface area (Å²) >= 11 is 0. The van der Waals surface area contributed by atoms with Gasteiger partial charge in [0.15, 0.2) is 0 Å². The van der Waals surface area contributed by atoms with E-state index in [9.17, 15) is 0 Å². The van der Waals surface area contributed by atoms with E-state index in [1.807, 2.05) is 29.3 Å². The Hall–Kier alpha value is -1.75. The van der Waals surface area contributed by atoms with Gasteiger partial charge in [-0.1, -0.05) is 0 Å². The number of rotatable bonds is 3. The van der Waals surface area contributed by atoms with Gasteiger partial charge in [0.2, 0.25) is 0 Å². The lowest BCUT2D eigenvalue weighted by Gasteiger charge is -2.29. The molecule has 0 N–H and O–H groups in total. The number of likely N-dealkylation sites (tertiary alicyclic amines) is 1. The van der Waals surface area contributed by atoms with Crippen molar-refractivity contribution in [2.24, 2.45) is 0 Å². The molecule has 5 heteroatoms. The molecule has 1 atom stereocenters. The number of hydrogen-bond donors (Lipinski definition) is 0. The lowest BCUT2D eigenvalue weighted by molar-refractivity contribution is 0.248. The standard InChI is InChI=1S/C16H23N5/c1-12(2)21-16(6-7-19-21)15-10-17-14(9-18-15)13-5-4-8-20(3)11-13/h6-7,9-10,12-13H,4-5,8,11H2,1-3H3/t13-/m0/s1. The van der Waals surface area contributed by atoms with Gasteiger partial charge in [0, 0.05) is 30.9 Å². The zero-order valence-corrected chi connectivity index (χ0v) is 13.0. The van der Waals surface area contributed by atoms with Crippen molar-refractivity contribution in [3.8, 4) is 11.4 Å². The van der Waals surface area contributed by atoms with Gasteiger partial charge in [-0.2, -0.15) is 5.10 Å². The molecule has 1 saturated heterocycles. The second-order valence-corrected chi connectivity index (χ2v) is 6.18. The summed E-state index contributed by atoms with van der Waals surface area (Å²) in [5, 5.41) is 4.36. The van der Waals surface area contributed by atoms with Gasteiger partial charge in [-0.15, -0.1) is 0 Å². The zero-order valence-electron chi connectivity index (χ0n) is 13.0. The lowest BCUT2D eigenvalue weighted by atomic mass is 9.95. The van der Waals surface area contributed by atoms with Gasteiger partial charge in [-0.25, -0.2) is 0 Å². The van der Waals surface area contributed by atoms with Crippen molar-refractivity contribution in [2.75, 3.05) is 20.1 Å². The first-order chi connectivity index (χ1) is 10.1. The Morgan fingerprint density at radius 3 is 2.76 bits per heavy atom. The van der Waals surface area contributed by atoms with Crippen LogP contribution in [0.5, 0.6) is 0 Å². The largest absolute Gasteiger partial charge is 0.306 e. The highest BCUT2D eigenvalue weighted by atomic mass is 15.3. The first-order valence-corrected chi connectivity index (χ1v) is 7.69. The number of aromatic nitrogens is 4. The summed E-state index contributed by atoms with van der Waals surface area (Å²) in [7, 11) is 2.18. The van der Waals surface area contributed by atoms with Crippen LogP contribution in [0.1, 0.15) is 44.3 Å². The molecule has 0 saturated carbocycles. The summed E-state index contributed by atoms with van der Waals surface area (Å²) in [6, 6.07) is 2.32. The third kappa shape index (κ3) is 2.97. The molecular formula is C16H23N5. The Kier molecular flexibility index (Phi) is 4.01. The topological polar surface area (TPSA) is 46.8 Å². The summed E-state index contributed by atoms with van der Waals surface area (Å²) in [5.74, 6) is 0.514. The molecule has 1 fully saturated rings. The number of nitrogens with zero attached hydrogens (tertiary/aromatic N) is 5. The smallest absolute Gasteiger partial charge is 0.107 e. The van der Waals surface area contributed by atoms with Gasteiger partial charge < -0.3 is 4.90 Å². The maximum Gasteiger partial charge on any atom is 0.107 e. The Morgan fingerprint density at radius 2 is 2.10 bits per heavy atom. The Morgan fingerprint density at radius 1 is 1.24 bits per heavy atom. The maximum absolute atomic E-state index is 4.66. The predicted molar refractivity (Wildman–Crippen MR) is 83.1 cm³/mol. The van der Waals surface area contributed by atoms with Crippen molar-refractivity contribution in [1.29, 1.82) is 0 Å². The van der Waals surface area contributed by atoms with E-state index in [2.05, 4.69) is 40.9 Å². The van der Waals surface area contributed by atoms with Crippen LogP contribution in [0.3, 0.4) is 0 Å². The predicted octanol–water partition coefficient (Wildman–Crippen LogP) is 2.73. The molecule has 112 valence electrons. The minimum atomic E-state index is 0.323. The van der Waals surface area contributed by atoms with Crippen LogP contribution in [-0.4, -0.2) is 44.8 Å². The van der Waals surface area contributed by atoms with E-state index in [0.29, 0.717) is 12.0 Å². The van der Waals surface area contributed by atoms with Crippen LogP contribution in [0.2, 0.25) is 0 Å². The van der Waals surface area contributed by atoms with Crippen molar-refractivity contribution < 1.29 is 0 Å². The Labute approximate surface area is 126 Å². The first kappa shape index (κ1) is 14.2. The van der Waals surface area contributed by atoms with E-state index >= 15 is 0 Å². The molecule has 3 heterocycles. The third-order valence-electron chi connectivity index (χ3n) is 4.14. The maximum atomic E-state index is 4.66. The second-order valence-electron chi connectivity index (χ2n) is 6.18. The van der Waals surface area contributed by atoms with Crippen molar-refractivity contribution in [1.82, 2.24) is 24.6 Å². The van der Waals surface area contributed by atoms with Crippen LogP contribution in [0.15, 0.2) is 24.7 Å². The highest BCUT2D eigenvalue weighted by Gasteiger charge is 2.20. The number of likely N-dealkylation sites (N-methyl/N-ethyl adjacent to an activating group) is 1. The van der Waals surface area contributed by atoms with Crippen molar-refractivity contribution >= 4 is 0 Å². The summed E-state index contributed by atoms with van der Waals surface area (Å²) in [5.41, 5.74) is 3.04. The monoisotopic (exact) mass is 285 g/mol. The molecule has 0 aromatic carbocycles. The Bertz CT molecular complexity index is 587. The highest BCUT2D eigenvalue weighted by Crippen LogP contribution is 2.25. The SMILES string of the molecule is CC(C)n1nccc1-c1cnc([C@H]2CCCN(C)C2)cn1. The fraction of sp³-hybridized carbons (Fsp3) is 0.562. The normalized spacial score (nSPS) is 20.1. The van der Waals surface area contributed by atoms with Gasteiger partial charge in [0.25, 0.3) is 0 Å². The van der Waals surface area contributed by atoms with Gasteiger partial charge >= 0.3 is 0 Å². The van der Waals surface area contributed by atoms with Crippen LogP contribution in [0.4, 0.5) is 0 Å². The van der Waals surface area contributed by atoms with E-state index in [1.54, 1.807) is 0 Å². The van der Waals surface area contributed by atoms with E-state index in [4.69, 9.17) is 0 Å². The molecule has 2 aromatic rings. The van der Waals surface area contributed by atoms with Crippen molar-refractivity contribution in [3.05, 3.63) is 30.4 Å². The summed E-state index contributed by atoms with van der Waals surface area (Å²) in [4.78, 5) is 11.7.